The Morgan fingerprint density at radius 2 is 1.76 bits per heavy atom. The highest BCUT2D eigenvalue weighted by Gasteiger charge is 2.27. The minimum Gasteiger partial charge on any atom is -0.493 e. The van der Waals surface area contributed by atoms with E-state index in [4.69, 9.17) is 4.74 Å². The molecular formula is C12H15F3O2. The summed E-state index contributed by atoms with van der Waals surface area (Å²) in [4.78, 5) is 0. The number of alkyl halides is 3. The van der Waals surface area contributed by atoms with Gasteiger partial charge in [-0.05, 0) is 18.6 Å². The zero-order chi connectivity index (χ0) is 12.7. The molecule has 0 heterocycles. The number of benzene rings is 1. The predicted molar refractivity (Wildman–Crippen MR) is 57.8 cm³/mol. The number of rotatable bonds is 6. The lowest BCUT2D eigenvalue weighted by Crippen LogP contribution is -2.16. The third kappa shape index (κ3) is 6.84. The van der Waals surface area contributed by atoms with Gasteiger partial charge in [0.25, 0.3) is 0 Å². The zero-order valence-corrected chi connectivity index (χ0v) is 9.28. The van der Waals surface area contributed by atoms with E-state index in [-0.39, 0.29) is 19.4 Å². The maximum absolute atomic E-state index is 11.9. The summed E-state index contributed by atoms with van der Waals surface area (Å²) in [6.07, 6.45) is -6.21. The average Bonchev–Trinajstić information content (AvgIpc) is 2.27. The van der Waals surface area contributed by atoms with Crippen LogP contribution in [0.15, 0.2) is 30.3 Å². The first-order chi connectivity index (χ1) is 7.97. The van der Waals surface area contributed by atoms with Crippen LogP contribution < -0.4 is 4.74 Å². The zero-order valence-electron chi connectivity index (χ0n) is 9.28. The van der Waals surface area contributed by atoms with Crippen molar-refractivity contribution >= 4 is 0 Å². The summed E-state index contributed by atoms with van der Waals surface area (Å²) in [7, 11) is 0. The van der Waals surface area contributed by atoms with Crippen molar-refractivity contribution in [1.29, 1.82) is 0 Å². The second-order valence-electron chi connectivity index (χ2n) is 3.76. The van der Waals surface area contributed by atoms with Crippen LogP contribution in [-0.2, 0) is 0 Å². The Hall–Kier alpha value is -1.23. The predicted octanol–water partition coefficient (Wildman–Crippen LogP) is 3.16. The molecule has 5 heteroatoms. The van der Waals surface area contributed by atoms with E-state index >= 15 is 0 Å². The number of hydrogen-bond acceptors (Lipinski definition) is 2. The molecule has 0 saturated heterocycles. The summed E-state index contributed by atoms with van der Waals surface area (Å²) in [5.74, 6) is 0.649. The molecule has 0 spiro atoms. The fourth-order valence-corrected chi connectivity index (χ4v) is 1.30. The molecule has 1 atom stereocenters. The smallest absolute Gasteiger partial charge is 0.389 e. The number of aliphatic hydroxyl groups is 1. The summed E-state index contributed by atoms with van der Waals surface area (Å²) in [5, 5.41) is 9.31. The van der Waals surface area contributed by atoms with Crippen LogP contribution in [0.5, 0.6) is 5.75 Å². The molecule has 2 nitrogen and oxygen atoms in total. The lowest BCUT2D eigenvalue weighted by Gasteiger charge is -2.12. The molecule has 0 aliphatic rings. The lowest BCUT2D eigenvalue weighted by atomic mass is 10.1. The van der Waals surface area contributed by atoms with Crippen LogP contribution in [0, 0.1) is 0 Å². The van der Waals surface area contributed by atoms with Crippen molar-refractivity contribution in [2.45, 2.75) is 31.5 Å². The minimum atomic E-state index is -4.21. The molecule has 0 radical (unpaired) electrons. The Morgan fingerprint density at radius 1 is 1.12 bits per heavy atom. The monoisotopic (exact) mass is 248 g/mol. The van der Waals surface area contributed by atoms with Gasteiger partial charge in [0.2, 0.25) is 0 Å². The summed E-state index contributed by atoms with van der Waals surface area (Å²) >= 11 is 0. The average molecular weight is 248 g/mol. The molecule has 0 amide bonds. The van der Waals surface area contributed by atoms with Crippen molar-refractivity contribution in [1.82, 2.24) is 0 Å². The molecule has 0 aliphatic carbocycles. The van der Waals surface area contributed by atoms with E-state index in [1.165, 1.54) is 0 Å². The summed E-state index contributed by atoms with van der Waals surface area (Å²) in [5.41, 5.74) is 0. The van der Waals surface area contributed by atoms with Crippen molar-refractivity contribution in [2.24, 2.45) is 0 Å². The molecule has 1 unspecified atom stereocenters. The Bertz CT molecular complexity index is 311. The standard InChI is InChI=1S/C12H15F3O2/c13-12(14,15)8-6-10(16)7-9-17-11-4-2-1-3-5-11/h1-5,10,16H,6-9H2. The first-order valence-corrected chi connectivity index (χ1v) is 5.40. The minimum absolute atomic E-state index is 0.199. The number of ether oxygens (including phenoxy) is 1. The Labute approximate surface area is 98.0 Å². The molecule has 96 valence electrons. The van der Waals surface area contributed by atoms with Gasteiger partial charge in [-0.25, -0.2) is 0 Å². The fraction of sp³-hybridized carbons (Fsp3) is 0.500. The highest BCUT2D eigenvalue weighted by molar-refractivity contribution is 5.20. The van der Waals surface area contributed by atoms with Gasteiger partial charge in [-0.1, -0.05) is 18.2 Å². The molecule has 0 bridgehead atoms. The molecule has 0 fully saturated rings. The second kappa shape index (κ2) is 6.49. The maximum Gasteiger partial charge on any atom is 0.389 e. The number of halogens is 3. The SMILES string of the molecule is OC(CCOc1ccccc1)CCC(F)(F)F. The number of para-hydroxylation sites is 1. The largest absolute Gasteiger partial charge is 0.493 e. The normalized spacial score (nSPS) is 13.4. The fourth-order valence-electron chi connectivity index (χ4n) is 1.30. The van der Waals surface area contributed by atoms with Crippen LogP contribution in [0.2, 0.25) is 0 Å². The van der Waals surface area contributed by atoms with Gasteiger partial charge in [0.15, 0.2) is 0 Å². The third-order valence-electron chi connectivity index (χ3n) is 2.22. The van der Waals surface area contributed by atoms with Crippen LogP contribution in [0.3, 0.4) is 0 Å². The maximum atomic E-state index is 11.9. The van der Waals surface area contributed by atoms with Crippen LogP contribution in [0.4, 0.5) is 13.2 Å². The lowest BCUT2D eigenvalue weighted by molar-refractivity contribution is -0.140. The Morgan fingerprint density at radius 3 is 2.35 bits per heavy atom. The first kappa shape index (κ1) is 13.8. The van der Waals surface area contributed by atoms with Gasteiger partial charge in [0.1, 0.15) is 5.75 Å². The van der Waals surface area contributed by atoms with E-state index in [0.29, 0.717) is 5.75 Å². The number of aliphatic hydroxyl groups excluding tert-OH is 1. The molecular weight excluding hydrogens is 233 g/mol. The van der Waals surface area contributed by atoms with Crippen LogP contribution in [-0.4, -0.2) is 24.0 Å². The summed E-state index contributed by atoms with van der Waals surface area (Å²) < 4.78 is 40.8. The van der Waals surface area contributed by atoms with Crippen molar-refractivity contribution in [3.63, 3.8) is 0 Å². The van der Waals surface area contributed by atoms with E-state index in [9.17, 15) is 18.3 Å². The molecule has 1 aromatic rings. The van der Waals surface area contributed by atoms with Gasteiger partial charge in [-0.3, -0.25) is 0 Å². The molecule has 1 rings (SSSR count). The number of hydrogen-bond donors (Lipinski definition) is 1. The van der Waals surface area contributed by atoms with Crippen LogP contribution >= 0.6 is 0 Å². The first-order valence-electron chi connectivity index (χ1n) is 5.40. The van der Waals surface area contributed by atoms with Crippen molar-refractivity contribution in [2.75, 3.05) is 6.61 Å². The van der Waals surface area contributed by atoms with Gasteiger partial charge in [0, 0.05) is 12.8 Å². The third-order valence-corrected chi connectivity index (χ3v) is 2.22. The molecule has 0 saturated carbocycles. The van der Waals surface area contributed by atoms with E-state index in [2.05, 4.69) is 0 Å². The topological polar surface area (TPSA) is 29.5 Å². The highest BCUT2D eigenvalue weighted by atomic mass is 19.4. The van der Waals surface area contributed by atoms with Crippen molar-refractivity contribution < 1.29 is 23.0 Å². The van der Waals surface area contributed by atoms with E-state index in [0.717, 1.165) is 0 Å². The second-order valence-corrected chi connectivity index (χ2v) is 3.76. The quantitative estimate of drug-likeness (QED) is 0.838. The van der Waals surface area contributed by atoms with E-state index < -0.39 is 18.7 Å². The van der Waals surface area contributed by atoms with Crippen molar-refractivity contribution in [3.8, 4) is 5.75 Å². The van der Waals surface area contributed by atoms with Gasteiger partial charge < -0.3 is 9.84 Å². The van der Waals surface area contributed by atoms with E-state index in [1.54, 1.807) is 24.3 Å². The van der Waals surface area contributed by atoms with Gasteiger partial charge in [-0.15, -0.1) is 0 Å². The van der Waals surface area contributed by atoms with E-state index in [1.807, 2.05) is 6.07 Å². The van der Waals surface area contributed by atoms with Gasteiger partial charge >= 0.3 is 6.18 Å². The molecule has 17 heavy (non-hydrogen) atoms. The van der Waals surface area contributed by atoms with Crippen molar-refractivity contribution in [3.05, 3.63) is 30.3 Å². The molecule has 1 N–H and O–H groups in total. The summed E-state index contributed by atoms with van der Waals surface area (Å²) in [6, 6.07) is 8.94. The molecule has 0 aromatic heterocycles. The molecule has 0 aliphatic heterocycles. The van der Waals surface area contributed by atoms with Crippen LogP contribution in [0.1, 0.15) is 19.3 Å². The van der Waals surface area contributed by atoms with Crippen LogP contribution in [0.25, 0.3) is 0 Å². The van der Waals surface area contributed by atoms with Gasteiger partial charge in [-0.2, -0.15) is 13.2 Å². The van der Waals surface area contributed by atoms with Gasteiger partial charge in [0.05, 0.1) is 12.7 Å². The summed E-state index contributed by atoms with van der Waals surface area (Å²) in [6.45, 7) is 0.211. The molecule has 1 aromatic carbocycles. The Balaban J connectivity index is 2.14. The highest BCUT2D eigenvalue weighted by Crippen LogP contribution is 2.22. The Kier molecular flexibility index (Phi) is 5.28.